The second kappa shape index (κ2) is 9.68. The molecular formula is C19H16ClN3O3S2. The van der Waals surface area contributed by atoms with Gasteiger partial charge in [-0.05, 0) is 31.2 Å². The van der Waals surface area contributed by atoms with E-state index in [0.717, 1.165) is 10.6 Å². The van der Waals surface area contributed by atoms with Crippen LogP contribution in [0.5, 0.6) is 0 Å². The molecule has 0 spiro atoms. The topological polar surface area (TPSA) is 81.2 Å². The summed E-state index contributed by atoms with van der Waals surface area (Å²) in [5.74, 6) is -0.416. The molecule has 0 saturated heterocycles. The average Bonchev–Trinajstić information content (AvgIpc) is 3.22. The zero-order valence-electron chi connectivity index (χ0n) is 14.8. The van der Waals surface area contributed by atoms with Crippen LogP contribution in [-0.4, -0.2) is 27.9 Å². The van der Waals surface area contributed by atoms with Crippen LogP contribution < -0.4 is 5.32 Å². The molecule has 0 radical (unpaired) electrons. The Morgan fingerprint density at radius 1 is 1.25 bits per heavy atom. The van der Waals surface area contributed by atoms with Crippen LogP contribution in [-0.2, 0) is 15.3 Å². The molecule has 2 aromatic heterocycles. The molecular weight excluding hydrogens is 418 g/mol. The summed E-state index contributed by atoms with van der Waals surface area (Å²) in [6, 6.07) is 10.4. The van der Waals surface area contributed by atoms with Gasteiger partial charge in [0.2, 0.25) is 0 Å². The van der Waals surface area contributed by atoms with Crippen LogP contribution in [0.15, 0.2) is 58.4 Å². The van der Waals surface area contributed by atoms with E-state index in [9.17, 15) is 9.59 Å². The first-order chi connectivity index (χ1) is 13.5. The zero-order valence-corrected chi connectivity index (χ0v) is 17.2. The fraction of sp³-hybridized carbons (Fsp3) is 0.158. The third kappa shape index (κ3) is 5.31. The molecule has 1 atom stereocenters. The highest BCUT2D eigenvalue weighted by Crippen LogP contribution is 2.27. The largest absolute Gasteiger partial charge is 0.449 e. The first-order valence-electron chi connectivity index (χ1n) is 8.26. The van der Waals surface area contributed by atoms with Crippen molar-refractivity contribution < 1.29 is 14.3 Å². The first kappa shape index (κ1) is 20.3. The molecule has 1 amide bonds. The molecule has 0 saturated carbocycles. The van der Waals surface area contributed by atoms with Gasteiger partial charge in [0.05, 0.1) is 22.5 Å². The number of nitrogens with zero attached hydrogens (tertiary/aromatic N) is 2. The van der Waals surface area contributed by atoms with Crippen molar-refractivity contribution in [3.05, 3.63) is 69.9 Å². The van der Waals surface area contributed by atoms with Gasteiger partial charge in [-0.2, -0.15) is 0 Å². The number of ether oxygens (including phenoxy) is 1. The second-order valence-corrected chi connectivity index (χ2v) is 7.74. The van der Waals surface area contributed by atoms with Gasteiger partial charge in [-0.3, -0.25) is 4.79 Å². The Bertz CT molecular complexity index is 967. The SMILES string of the molecule is CC(OC(=O)c1ccccc1SCc1cscn1)C(=O)Nc1cccnc1Cl. The van der Waals surface area contributed by atoms with Gasteiger partial charge in [0.1, 0.15) is 0 Å². The number of hydrogen-bond donors (Lipinski definition) is 1. The molecule has 0 aliphatic rings. The lowest BCUT2D eigenvalue weighted by Crippen LogP contribution is -2.30. The van der Waals surface area contributed by atoms with E-state index in [1.807, 2.05) is 17.5 Å². The van der Waals surface area contributed by atoms with Crippen molar-refractivity contribution in [1.82, 2.24) is 9.97 Å². The van der Waals surface area contributed by atoms with Crippen molar-refractivity contribution in [1.29, 1.82) is 0 Å². The Hall–Kier alpha value is -2.42. The number of aromatic nitrogens is 2. The summed E-state index contributed by atoms with van der Waals surface area (Å²) in [6.45, 7) is 1.50. The Labute approximate surface area is 175 Å². The van der Waals surface area contributed by atoms with Crippen LogP contribution >= 0.6 is 34.7 Å². The molecule has 28 heavy (non-hydrogen) atoms. The third-order valence-corrected chi connectivity index (χ3v) is 5.68. The van der Waals surface area contributed by atoms with E-state index in [1.54, 1.807) is 29.8 Å². The highest BCUT2D eigenvalue weighted by atomic mass is 35.5. The number of pyridine rings is 1. The molecule has 0 fully saturated rings. The van der Waals surface area contributed by atoms with E-state index < -0.39 is 18.0 Å². The highest BCUT2D eigenvalue weighted by molar-refractivity contribution is 7.98. The summed E-state index contributed by atoms with van der Waals surface area (Å²) >= 11 is 8.95. The molecule has 0 aliphatic carbocycles. The number of nitrogens with one attached hydrogen (secondary N) is 1. The quantitative estimate of drug-likeness (QED) is 0.331. The van der Waals surface area contributed by atoms with Gasteiger partial charge >= 0.3 is 5.97 Å². The highest BCUT2D eigenvalue weighted by Gasteiger charge is 2.21. The van der Waals surface area contributed by atoms with Gasteiger partial charge in [-0.1, -0.05) is 23.7 Å². The number of amides is 1. The van der Waals surface area contributed by atoms with Crippen LogP contribution in [0.3, 0.4) is 0 Å². The first-order valence-corrected chi connectivity index (χ1v) is 10.6. The maximum atomic E-state index is 12.6. The lowest BCUT2D eigenvalue weighted by molar-refractivity contribution is -0.123. The molecule has 144 valence electrons. The van der Waals surface area contributed by atoms with Crippen molar-refractivity contribution in [3.63, 3.8) is 0 Å². The minimum absolute atomic E-state index is 0.165. The van der Waals surface area contributed by atoms with Gasteiger partial charge in [-0.15, -0.1) is 23.1 Å². The summed E-state index contributed by atoms with van der Waals surface area (Å²) < 4.78 is 5.35. The molecule has 2 heterocycles. The fourth-order valence-corrected chi connectivity index (χ4v) is 3.99. The Morgan fingerprint density at radius 3 is 2.82 bits per heavy atom. The van der Waals surface area contributed by atoms with Crippen LogP contribution in [0.4, 0.5) is 5.69 Å². The molecule has 0 bridgehead atoms. The van der Waals surface area contributed by atoms with E-state index in [4.69, 9.17) is 16.3 Å². The van der Waals surface area contributed by atoms with E-state index in [-0.39, 0.29) is 5.15 Å². The summed E-state index contributed by atoms with van der Waals surface area (Å²) in [7, 11) is 0. The number of carbonyl (C=O) groups is 2. The maximum absolute atomic E-state index is 12.6. The number of halogens is 1. The molecule has 1 N–H and O–H groups in total. The van der Waals surface area contributed by atoms with Gasteiger partial charge in [0, 0.05) is 22.2 Å². The van der Waals surface area contributed by atoms with Crippen LogP contribution in [0.1, 0.15) is 23.0 Å². The van der Waals surface area contributed by atoms with E-state index in [0.29, 0.717) is 17.0 Å². The van der Waals surface area contributed by atoms with Crippen molar-refractivity contribution in [2.45, 2.75) is 23.7 Å². The summed E-state index contributed by atoms with van der Waals surface area (Å²) in [5.41, 5.74) is 3.47. The molecule has 6 nitrogen and oxygen atoms in total. The van der Waals surface area contributed by atoms with Crippen molar-refractivity contribution in [3.8, 4) is 0 Å². The number of thioether (sulfide) groups is 1. The monoisotopic (exact) mass is 433 g/mol. The number of anilines is 1. The van der Waals surface area contributed by atoms with E-state index in [1.165, 1.54) is 36.2 Å². The lowest BCUT2D eigenvalue weighted by atomic mass is 10.2. The summed E-state index contributed by atoms with van der Waals surface area (Å²) in [4.78, 5) is 33.8. The normalized spacial score (nSPS) is 11.6. The number of thiazole rings is 1. The molecule has 3 aromatic rings. The smallest absolute Gasteiger partial charge is 0.340 e. The Morgan fingerprint density at radius 2 is 2.07 bits per heavy atom. The van der Waals surface area contributed by atoms with Crippen molar-refractivity contribution in [2.24, 2.45) is 0 Å². The lowest BCUT2D eigenvalue weighted by Gasteiger charge is -2.15. The van der Waals surface area contributed by atoms with E-state index >= 15 is 0 Å². The predicted molar refractivity (Wildman–Crippen MR) is 111 cm³/mol. The van der Waals surface area contributed by atoms with E-state index in [2.05, 4.69) is 15.3 Å². The molecule has 3 rings (SSSR count). The predicted octanol–water partition coefficient (Wildman–Crippen LogP) is 4.67. The second-order valence-electron chi connectivity index (χ2n) is 5.64. The number of esters is 1. The van der Waals surface area contributed by atoms with Gasteiger partial charge in [0.25, 0.3) is 5.91 Å². The number of benzene rings is 1. The molecule has 9 heteroatoms. The summed E-state index contributed by atoms with van der Waals surface area (Å²) in [6.07, 6.45) is 0.516. The molecule has 0 aliphatic heterocycles. The Kier molecular flexibility index (Phi) is 7.02. The minimum Gasteiger partial charge on any atom is -0.449 e. The maximum Gasteiger partial charge on any atom is 0.340 e. The van der Waals surface area contributed by atoms with Crippen LogP contribution in [0.2, 0.25) is 5.15 Å². The average molecular weight is 434 g/mol. The van der Waals surface area contributed by atoms with Gasteiger partial charge < -0.3 is 10.1 Å². The minimum atomic E-state index is -1.000. The standard InChI is InChI=1S/C19H16ClN3O3S2/c1-12(18(24)23-15-6-4-8-21-17(15)20)26-19(25)14-5-2-3-7-16(14)28-10-13-9-27-11-22-13/h2-9,11-12H,10H2,1H3,(H,23,24). The number of rotatable bonds is 7. The van der Waals surface area contributed by atoms with Crippen molar-refractivity contribution in [2.75, 3.05) is 5.32 Å². The zero-order chi connectivity index (χ0) is 19.9. The number of carbonyl (C=O) groups excluding carboxylic acids is 2. The molecule has 1 aromatic carbocycles. The number of hydrogen-bond acceptors (Lipinski definition) is 7. The van der Waals surface area contributed by atoms with Gasteiger partial charge in [0.15, 0.2) is 11.3 Å². The third-order valence-electron chi connectivity index (χ3n) is 3.64. The van der Waals surface area contributed by atoms with Crippen LogP contribution in [0.25, 0.3) is 0 Å². The fourth-order valence-electron chi connectivity index (χ4n) is 2.21. The molecule has 1 unspecified atom stereocenters. The van der Waals surface area contributed by atoms with Gasteiger partial charge in [-0.25, -0.2) is 14.8 Å². The van der Waals surface area contributed by atoms with Crippen LogP contribution in [0, 0.1) is 0 Å². The Balaban J connectivity index is 1.63. The summed E-state index contributed by atoms with van der Waals surface area (Å²) in [5, 5.41) is 4.73. The van der Waals surface area contributed by atoms with Crippen molar-refractivity contribution >= 4 is 52.3 Å².